The molecule has 0 N–H and O–H groups in total. The highest BCUT2D eigenvalue weighted by molar-refractivity contribution is 5.74. The number of hydrogen-bond acceptors (Lipinski definition) is 6. The first-order valence-electron chi connectivity index (χ1n) is 8.33. The molecule has 1 atom stereocenters. The first-order chi connectivity index (χ1) is 11.2. The zero-order valence-corrected chi connectivity index (χ0v) is 14.6. The number of aromatic nitrogens is 2. The van der Waals surface area contributed by atoms with E-state index in [0.29, 0.717) is 31.3 Å². The summed E-state index contributed by atoms with van der Waals surface area (Å²) in [6.45, 7) is 8.95. The first kappa shape index (κ1) is 16.7. The lowest BCUT2D eigenvalue weighted by atomic mass is 9.99. The minimum Gasteiger partial charge on any atom is -0.444 e. The molecule has 132 valence electrons. The third kappa shape index (κ3) is 3.37. The van der Waals surface area contributed by atoms with Crippen molar-refractivity contribution >= 4 is 12.0 Å². The van der Waals surface area contributed by atoms with Crippen molar-refractivity contribution in [3.63, 3.8) is 0 Å². The summed E-state index contributed by atoms with van der Waals surface area (Å²) in [7, 11) is 0. The standard InChI is InChI=1S/C16H24N4O4/c1-10(21)19-8-11(9-19)13-17-14(24-18-13)12-6-5-7-20(12)15(22)23-16(2,3)4/h11-12H,5-9H2,1-4H3/t12-/m0/s1. The second kappa shape index (κ2) is 6.07. The molecule has 0 spiro atoms. The van der Waals surface area contributed by atoms with Gasteiger partial charge in [-0.1, -0.05) is 5.16 Å². The van der Waals surface area contributed by atoms with Gasteiger partial charge in [-0.05, 0) is 33.6 Å². The molecule has 0 bridgehead atoms. The van der Waals surface area contributed by atoms with Gasteiger partial charge in [0.05, 0.1) is 5.92 Å². The Morgan fingerprint density at radius 2 is 2.00 bits per heavy atom. The fourth-order valence-electron chi connectivity index (χ4n) is 3.01. The Kier molecular flexibility index (Phi) is 4.23. The molecule has 24 heavy (non-hydrogen) atoms. The lowest BCUT2D eigenvalue weighted by molar-refractivity contribution is -0.133. The summed E-state index contributed by atoms with van der Waals surface area (Å²) in [6, 6.07) is -0.231. The van der Waals surface area contributed by atoms with Crippen LogP contribution >= 0.6 is 0 Å². The van der Waals surface area contributed by atoms with Crippen LogP contribution in [0, 0.1) is 0 Å². The molecule has 2 amide bonds. The highest BCUT2D eigenvalue weighted by atomic mass is 16.6. The van der Waals surface area contributed by atoms with E-state index in [1.165, 1.54) is 0 Å². The van der Waals surface area contributed by atoms with Crippen molar-refractivity contribution in [2.45, 2.75) is 58.1 Å². The maximum absolute atomic E-state index is 12.3. The molecule has 8 nitrogen and oxygen atoms in total. The molecule has 2 saturated heterocycles. The maximum atomic E-state index is 12.3. The Balaban J connectivity index is 1.66. The van der Waals surface area contributed by atoms with Crippen molar-refractivity contribution in [1.82, 2.24) is 19.9 Å². The normalized spacial score (nSPS) is 21.8. The van der Waals surface area contributed by atoms with Crippen LogP contribution in [-0.4, -0.2) is 57.2 Å². The molecule has 1 aromatic heterocycles. The quantitative estimate of drug-likeness (QED) is 0.821. The van der Waals surface area contributed by atoms with E-state index in [1.807, 2.05) is 20.8 Å². The summed E-state index contributed by atoms with van der Waals surface area (Å²) in [5.41, 5.74) is -0.535. The SMILES string of the molecule is CC(=O)N1CC(c2noc([C@@H]3CCCN3C(=O)OC(C)(C)C)n2)C1. The van der Waals surface area contributed by atoms with E-state index in [-0.39, 0.29) is 24.0 Å². The van der Waals surface area contributed by atoms with Crippen LogP contribution in [0.15, 0.2) is 4.52 Å². The third-order valence-corrected chi connectivity index (χ3v) is 4.32. The summed E-state index contributed by atoms with van der Waals surface area (Å²) in [5.74, 6) is 1.23. The van der Waals surface area contributed by atoms with Gasteiger partial charge in [-0.25, -0.2) is 4.79 Å². The summed E-state index contributed by atoms with van der Waals surface area (Å²) in [5, 5.41) is 4.04. The van der Waals surface area contributed by atoms with Crippen LogP contribution in [-0.2, 0) is 9.53 Å². The molecular weight excluding hydrogens is 312 g/mol. The Bertz CT molecular complexity index is 630. The zero-order chi connectivity index (χ0) is 17.5. The smallest absolute Gasteiger partial charge is 0.410 e. The maximum Gasteiger partial charge on any atom is 0.410 e. The summed E-state index contributed by atoms with van der Waals surface area (Å²) in [6.07, 6.45) is 1.31. The van der Waals surface area contributed by atoms with Crippen molar-refractivity contribution < 1.29 is 18.8 Å². The minimum absolute atomic E-state index is 0.0573. The largest absolute Gasteiger partial charge is 0.444 e. The molecule has 2 fully saturated rings. The van der Waals surface area contributed by atoms with Gasteiger partial charge in [0.15, 0.2) is 5.82 Å². The minimum atomic E-state index is -0.535. The molecule has 0 saturated carbocycles. The predicted octanol–water partition coefficient (Wildman–Crippen LogP) is 2.09. The number of rotatable bonds is 2. The third-order valence-electron chi connectivity index (χ3n) is 4.32. The van der Waals surface area contributed by atoms with Gasteiger partial charge in [0, 0.05) is 26.6 Å². The van der Waals surface area contributed by atoms with Crippen LogP contribution in [0.3, 0.4) is 0 Å². The van der Waals surface area contributed by atoms with E-state index in [0.717, 1.165) is 12.8 Å². The average Bonchev–Trinajstić information content (AvgIpc) is 3.01. The molecule has 1 aromatic rings. The topological polar surface area (TPSA) is 88.8 Å². The monoisotopic (exact) mass is 336 g/mol. The van der Waals surface area contributed by atoms with E-state index in [4.69, 9.17) is 9.26 Å². The fraction of sp³-hybridized carbons (Fsp3) is 0.750. The van der Waals surface area contributed by atoms with E-state index < -0.39 is 5.60 Å². The lowest BCUT2D eigenvalue weighted by Gasteiger charge is -2.36. The van der Waals surface area contributed by atoms with Crippen molar-refractivity contribution in [3.05, 3.63) is 11.7 Å². The van der Waals surface area contributed by atoms with Gasteiger partial charge in [-0.3, -0.25) is 9.69 Å². The highest BCUT2D eigenvalue weighted by Crippen LogP contribution is 2.33. The Labute approximate surface area is 141 Å². The number of nitrogens with zero attached hydrogens (tertiary/aromatic N) is 4. The predicted molar refractivity (Wildman–Crippen MR) is 84.2 cm³/mol. The van der Waals surface area contributed by atoms with Crippen molar-refractivity contribution in [2.24, 2.45) is 0 Å². The van der Waals surface area contributed by atoms with Crippen LogP contribution in [0.25, 0.3) is 0 Å². The number of carbonyl (C=O) groups excluding carboxylic acids is 2. The molecule has 2 aliphatic rings. The van der Waals surface area contributed by atoms with Gasteiger partial charge < -0.3 is 14.2 Å². The second-order valence-corrected chi connectivity index (χ2v) is 7.44. The molecule has 3 heterocycles. The van der Waals surface area contributed by atoms with Gasteiger partial charge in [-0.15, -0.1) is 0 Å². The van der Waals surface area contributed by atoms with Crippen LogP contribution in [0.2, 0.25) is 0 Å². The second-order valence-electron chi connectivity index (χ2n) is 7.44. The summed E-state index contributed by atoms with van der Waals surface area (Å²) < 4.78 is 10.9. The molecule has 2 aliphatic heterocycles. The zero-order valence-electron chi connectivity index (χ0n) is 14.6. The molecule has 8 heteroatoms. The van der Waals surface area contributed by atoms with Crippen molar-refractivity contribution in [3.8, 4) is 0 Å². The van der Waals surface area contributed by atoms with Crippen molar-refractivity contribution in [2.75, 3.05) is 19.6 Å². The van der Waals surface area contributed by atoms with Gasteiger partial charge in [0.1, 0.15) is 11.6 Å². The fourth-order valence-corrected chi connectivity index (χ4v) is 3.01. The lowest BCUT2D eigenvalue weighted by Crippen LogP contribution is -2.47. The number of carbonyl (C=O) groups is 2. The Hall–Kier alpha value is -2.12. The van der Waals surface area contributed by atoms with E-state index in [2.05, 4.69) is 10.1 Å². The van der Waals surface area contributed by atoms with Crippen LogP contribution in [0.5, 0.6) is 0 Å². The number of hydrogen-bond donors (Lipinski definition) is 0. The van der Waals surface area contributed by atoms with Crippen LogP contribution < -0.4 is 0 Å². The molecule has 3 rings (SSSR count). The van der Waals surface area contributed by atoms with Crippen molar-refractivity contribution in [1.29, 1.82) is 0 Å². The molecular formula is C16H24N4O4. The van der Waals surface area contributed by atoms with Gasteiger partial charge in [-0.2, -0.15) is 4.98 Å². The molecule has 0 aliphatic carbocycles. The van der Waals surface area contributed by atoms with Gasteiger partial charge >= 0.3 is 6.09 Å². The molecule has 0 unspecified atom stereocenters. The number of likely N-dealkylation sites (tertiary alicyclic amines) is 2. The Morgan fingerprint density at radius 1 is 1.29 bits per heavy atom. The van der Waals surface area contributed by atoms with E-state index >= 15 is 0 Å². The van der Waals surface area contributed by atoms with E-state index in [1.54, 1.807) is 16.7 Å². The van der Waals surface area contributed by atoms with E-state index in [9.17, 15) is 9.59 Å². The molecule has 0 aromatic carbocycles. The first-order valence-corrected chi connectivity index (χ1v) is 8.33. The number of ether oxygens (including phenoxy) is 1. The summed E-state index contributed by atoms with van der Waals surface area (Å²) >= 11 is 0. The highest BCUT2D eigenvalue weighted by Gasteiger charge is 2.38. The van der Waals surface area contributed by atoms with Gasteiger partial charge in [0.2, 0.25) is 11.8 Å². The van der Waals surface area contributed by atoms with Crippen LogP contribution in [0.4, 0.5) is 4.79 Å². The summed E-state index contributed by atoms with van der Waals surface area (Å²) in [4.78, 5) is 31.5. The average molecular weight is 336 g/mol. The number of amides is 2. The van der Waals surface area contributed by atoms with Crippen LogP contribution in [0.1, 0.15) is 64.2 Å². The Morgan fingerprint density at radius 3 is 2.62 bits per heavy atom. The van der Waals surface area contributed by atoms with Gasteiger partial charge in [0.25, 0.3) is 0 Å². The molecule has 0 radical (unpaired) electrons.